The third-order valence-corrected chi connectivity index (χ3v) is 2.08. The Morgan fingerprint density at radius 2 is 2.29 bits per heavy atom. The van der Waals surface area contributed by atoms with E-state index in [4.69, 9.17) is 5.26 Å². The highest BCUT2D eigenvalue weighted by Crippen LogP contribution is 1.96. The summed E-state index contributed by atoms with van der Waals surface area (Å²) in [6, 6.07) is 5.71. The number of nitrogens with zero attached hydrogens (tertiary/aromatic N) is 3. The molecular formula is C11H15N3. The topological polar surface area (TPSA) is 41.1 Å². The van der Waals surface area contributed by atoms with Crippen LogP contribution in [0.15, 0.2) is 29.4 Å². The van der Waals surface area contributed by atoms with E-state index in [-0.39, 0.29) is 0 Å². The number of rotatable bonds is 4. The lowest BCUT2D eigenvalue weighted by molar-refractivity contribution is 0.582. The predicted octanol–water partition coefficient (Wildman–Crippen LogP) is 2.06. The largest absolute Gasteiger partial charge is 0.332 e. The van der Waals surface area contributed by atoms with Crippen molar-refractivity contribution < 1.29 is 0 Å². The zero-order valence-corrected chi connectivity index (χ0v) is 8.48. The average molecular weight is 189 g/mol. The summed E-state index contributed by atoms with van der Waals surface area (Å²) in [7, 11) is 0. The van der Waals surface area contributed by atoms with Crippen molar-refractivity contribution in [2.24, 2.45) is 4.99 Å². The van der Waals surface area contributed by atoms with Gasteiger partial charge in [0.25, 0.3) is 0 Å². The number of unbranched alkanes of at least 4 members (excludes halogenated alkanes) is 2. The molecule has 74 valence electrons. The van der Waals surface area contributed by atoms with Crippen molar-refractivity contribution in [1.82, 2.24) is 4.57 Å². The molecule has 0 aliphatic rings. The molecule has 0 amide bonds. The molecule has 1 aromatic rings. The van der Waals surface area contributed by atoms with E-state index in [1.165, 1.54) is 12.8 Å². The van der Waals surface area contributed by atoms with Crippen molar-refractivity contribution in [2.75, 3.05) is 0 Å². The van der Waals surface area contributed by atoms with E-state index < -0.39 is 0 Å². The number of pyridine rings is 1. The number of hydrogen-bond acceptors (Lipinski definition) is 2. The fraction of sp³-hybridized carbons (Fsp3) is 0.455. The van der Waals surface area contributed by atoms with Crippen LogP contribution in [0.1, 0.15) is 26.2 Å². The first-order valence-corrected chi connectivity index (χ1v) is 4.96. The molecule has 1 aromatic heterocycles. The summed E-state index contributed by atoms with van der Waals surface area (Å²) in [5, 5.41) is 8.49. The van der Waals surface area contributed by atoms with Gasteiger partial charge in [0.15, 0.2) is 0 Å². The van der Waals surface area contributed by atoms with E-state index in [0.29, 0.717) is 0 Å². The number of nitriles is 1. The van der Waals surface area contributed by atoms with Crippen LogP contribution in [-0.4, -0.2) is 4.57 Å². The normalized spacial score (nSPS) is 11.3. The first-order chi connectivity index (χ1) is 6.88. The fourth-order valence-corrected chi connectivity index (χ4v) is 1.34. The fourth-order valence-electron chi connectivity index (χ4n) is 1.34. The molecule has 0 radical (unpaired) electrons. The van der Waals surface area contributed by atoms with Gasteiger partial charge in [0.2, 0.25) is 6.19 Å². The Morgan fingerprint density at radius 1 is 1.43 bits per heavy atom. The molecule has 14 heavy (non-hydrogen) atoms. The van der Waals surface area contributed by atoms with Gasteiger partial charge in [-0.25, -0.2) is 0 Å². The molecule has 0 N–H and O–H groups in total. The van der Waals surface area contributed by atoms with E-state index in [0.717, 1.165) is 18.5 Å². The second-order valence-corrected chi connectivity index (χ2v) is 3.17. The third-order valence-electron chi connectivity index (χ3n) is 2.08. The summed E-state index contributed by atoms with van der Waals surface area (Å²) < 4.78 is 2.01. The third kappa shape index (κ3) is 3.06. The molecule has 0 spiro atoms. The summed E-state index contributed by atoms with van der Waals surface area (Å²) in [6.07, 6.45) is 7.34. The lowest BCUT2D eigenvalue weighted by atomic mass is 10.2. The summed E-state index contributed by atoms with van der Waals surface area (Å²) in [6.45, 7) is 3.12. The monoisotopic (exact) mass is 189 g/mol. The van der Waals surface area contributed by atoms with Crippen LogP contribution < -0.4 is 5.49 Å². The Labute approximate surface area is 84.3 Å². The SMILES string of the molecule is CCCCCn1ccccc1=NC#N. The minimum Gasteiger partial charge on any atom is -0.332 e. The molecule has 1 heterocycles. The first kappa shape index (κ1) is 10.5. The lowest BCUT2D eigenvalue weighted by Crippen LogP contribution is -2.19. The van der Waals surface area contributed by atoms with Gasteiger partial charge in [-0.15, -0.1) is 0 Å². The van der Waals surface area contributed by atoms with Gasteiger partial charge in [-0.2, -0.15) is 10.3 Å². The molecule has 0 fully saturated rings. The minimum atomic E-state index is 0.742. The van der Waals surface area contributed by atoms with Crippen molar-refractivity contribution in [3.05, 3.63) is 29.9 Å². The minimum absolute atomic E-state index is 0.742. The van der Waals surface area contributed by atoms with E-state index in [9.17, 15) is 0 Å². The smallest absolute Gasteiger partial charge is 0.207 e. The highest BCUT2D eigenvalue weighted by atomic mass is 15.0. The molecule has 1 rings (SSSR count). The van der Waals surface area contributed by atoms with E-state index in [2.05, 4.69) is 11.9 Å². The Balaban J connectivity index is 2.76. The van der Waals surface area contributed by atoms with Crippen LogP contribution >= 0.6 is 0 Å². The maximum absolute atomic E-state index is 8.49. The number of aromatic nitrogens is 1. The highest BCUT2D eigenvalue weighted by Gasteiger charge is 1.91. The first-order valence-electron chi connectivity index (χ1n) is 4.96. The Kier molecular flexibility index (Phi) is 4.49. The van der Waals surface area contributed by atoms with E-state index >= 15 is 0 Å². The molecule has 0 atom stereocenters. The van der Waals surface area contributed by atoms with Gasteiger partial charge in [-0.1, -0.05) is 25.8 Å². The van der Waals surface area contributed by atoms with Gasteiger partial charge >= 0.3 is 0 Å². The van der Waals surface area contributed by atoms with Crippen LogP contribution in [0, 0.1) is 11.5 Å². The van der Waals surface area contributed by atoms with E-state index in [1.807, 2.05) is 35.2 Å². The van der Waals surface area contributed by atoms with Crippen LogP contribution in [0.5, 0.6) is 0 Å². The van der Waals surface area contributed by atoms with Crippen molar-refractivity contribution in [1.29, 1.82) is 5.26 Å². The Morgan fingerprint density at radius 3 is 3.00 bits per heavy atom. The maximum atomic E-state index is 8.49. The molecule has 0 aliphatic carbocycles. The standard InChI is InChI=1S/C11H15N3/c1-2-3-5-8-14-9-6-4-7-11(14)13-10-12/h4,6-7,9H,2-3,5,8H2,1H3. The predicted molar refractivity (Wildman–Crippen MR) is 55.1 cm³/mol. The quantitative estimate of drug-likeness (QED) is 0.528. The average Bonchev–Trinajstić information content (AvgIpc) is 2.21. The van der Waals surface area contributed by atoms with Gasteiger partial charge in [0.05, 0.1) is 0 Å². The summed E-state index contributed by atoms with van der Waals surface area (Å²) in [5.74, 6) is 0. The van der Waals surface area contributed by atoms with Crippen molar-refractivity contribution in [3.8, 4) is 6.19 Å². The molecule has 0 aliphatic heterocycles. The van der Waals surface area contributed by atoms with Crippen molar-refractivity contribution in [3.63, 3.8) is 0 Å². The molecule has 0 saturated carbocycles. The van der Waals surface area contributed by atoms with Crippen LogP contribution in [0.25, 0.3) is 0 Å². The van der Waals surface area contributed by atoms with Crippen LogP contribution in [-0.2, 0) is 6.54 Å². The summed E-state index contributed by atoms with van der Waals surface area (Å²) in [4.78, 5) is 3.75. The zero-order chi connectivity index (χ0) is 10.2. The van der Waals surface area contributed by atoms with E-state index in [1.54, 1.807) is 0 Å². The summed E-state index contributed by atoms with van der Waals surface area (Å²) >= 11 is 0. The summed E-state index contributed by atoms with van der Waals surface area (Å²) in [5.41, 5.74) is 0.742. The molecule has 0 unspecified atom stereocenters. The van der Waals surface area contributed by atoms with Gasteiger partial charge in [0.1, 0.15) is 5.49 Å². The molecular weight excluding hydrogens is 174 g/mol. The zero-order valence-electron chi connectivity index (χ0n) is 8.48. The van der Waals surface area contributed by atoms with Gasteiger partial charge in [0, 0.05) is 12.7 Å². The van der Waals surface area contributed by atoms with Crippen LogP contribution in [0.2, 0.25) is 0 Å². The van der Waals surface area contributed by atoms with Gasteiger partial charge in [-0.3, -0.25) is 0 Å². The van der Waals surface area contributed by atoms with Gasteiger partial charge < -0.3 is 4.57 Å². The Hall–Kier alpha value is -1.56. The second kappa shape index (κ2) is 5.98. The molecule has 3 heteroatoms. The van der Waals surface area contributed by atoms with Crippen molar-refractivity contribution >= 4 is 0 Å². The second-order valence-electron chi connectivity index (χ2n) is 3.17. The number of aryl methyl sites for hydroxylation is 1. The molecule has 3 nitrogen and oxygen atoms in total. The highest BCUT2D eigenvalue weighted by molar-refractivity contribution is 4.94. The molecule has 0 bridgehead atoms. The van der Waals surface area contributed by atoms with Crippen LogP contribution in [0.3, 0.4) is 0 Å². The lowest BCUT2D eigenvalue weighted by Gasteiger charge is -2.04. The number of hydrogen-bond donors (Lipinski definition) is 0. The van der Waals surface area contributed by atoms with Crippen LogP contribution in [0.4, 0.5) is 0 Å². The Bertz CT molecular complexity index is 371. The molecule has 0 aromatic carbocycles. The molecule has 0 saturated heterocycles. The van der Waals surface area contributed by atoms with Crippen molar-refractivity contribution in [2.45, 2.75) is 32.7 Å². The van der Waals surface area contributed by atoms with Gasteiger partial charge in [-0.05, 0) is 18.6 Å². The maximum Gasteiger partial charge on any atom is 0.207 e.